The summed E-state index contributed by atoms with van der Waals surface area (Å²) in [4.78, 5) is 23.5. The SMILES string of the molecule is Cc1ccccc1CCNC(=O)COC(=O)c1c(F)cccc1Cl. The zero-order valence-electron chi connectivity index (χ0n) is 13.1. The van der Waals surface area contributed by atoms with Crippen molar-refractivity contribution in [3.63, 3.8) is 0 Å². The highest BCUT2D eigenvalue weighted by atomic mass is 35.5. The normalized spacial score (nSPS) is 10.3. The van der Waals surface area contributed by atoms with Crippen LogP contribution in [0.4, 0.5) is 4.39 Å². The Labute approximate surface area is 144 Å². The van der Waals surface area contributed by atoms with Gasteiger partial charge in [0.2, 0.25) is 0 Å². The van der Waals surface area contributed by atoms with Crippen LogP contribution >= 0.6 is 11.6 Å². The van der Waals surface area contributed by atoms with Crippen molar-refractivity contribution in [2.24, 2.45) is 0 Å². The number of amides is 1. The maximum Gasteiger partial charge on any atom is 0.343 e. The molecule has 0 radical (unpaired) electrons. The molecule has 1 amide bonds. The number of ether oxygens (including phenoxy) is 1. The van der Waals surface area contributed by atoms with E-state index in [-0.39, 0.29) is 10.6 Å². The molecule has 126 valence electrons. The number of nitrogens with one attached hydrogen (secondary N) is 1. The zero-order valence-corrected chi connectivity index (χ0v) is 13.9. The molecule has 1 N–H and O–H groups in total. The van der Waals surface area contributed by atoms with Crippen LogP contribution in [0.5, 0.6) is 0 Å². The Morgan fingerprint density at radius 1 is 1.17 bits per heavy atom. The van der Waals surface area contributed by atoms with Gasteiger partial charge in [0.25, 0.3) is 5.91 Å². The zero-order chi connectivity index (χ0) is 17.5. The van der Waals surface area contributed by atoms with Crippen molar-refractivity contribution in [3.05, 3.63) is 70.0 Å². The lowest BCUT2D eigenvalue weighted by molar-refractivity contribution is -0.124. The first-order chi connectivity index (χ1) is 11.5. The van der Waals surface area contributed by atoms with E-state index in [1.165, 1.54) is 12.1 Å². The minimum absolute atomic E-state index is 0.0556. The van der Waals surface area contributed by atoms with Gasteiger partial charge in [-0.25, -0.2) is 9.18 Å². The summed E-state index contributed by atoms with van der Waals surface area (Å²) >= 11 is 5.76. The Balaban J connectivity index is 1.79. The number of hydrogen-bond donors (Lipinski definition) is 1. The monoisotopic (exact) mass is 349 g/mol. The van der Waals surface area contributed by atoms with Gasteiger partial charge in [0, 0.05) is 6.54 Å². The van der Waals surface area contributed by atoms with Crippen molar-refractivity contribution >= 4 is 23.5 Å². The molecule has 0 atom stereocenters. The van der Waals surface area contributed by atoms with Crippen LogP contribution < -0.4 is 5.32 Å². The van der Waals surface area contributed by atoms with Crippen molar-refractivity contribution in [1.29, 1.82) is 0 Å². The van der Waals surface area contributed by atoms with Crippen LogP contribution in [0.2, 0.25) is 5.02 Å². The van der Waals surface area contributed by atoms with Gasteiger partial charge >= 0.3 is 5.97 Å². The molecule has 0 saturated carbocycles. The van der Waals surface area contributed by atoms with Crippen LogP contribution in [0.1, 0.15) is 21.5 Å². The predicted octanol–water partition coefficient (Wildman–Crippen LogP) is 3.30. The molecule has 0 heterocycles. The summed E-state index contributed by atoms with van der Waals surface area (Å²) in [5.74, 6) is -2.20. The average molecular weight is 350 g/mol. The highest BCUT2D eigenvalue weighted by molar-refractivity contribution is 6.33. The Morgan fingerprint density at radius 2 is 1.92 bits per heavy atom. The topological polar surface area (TPSA) is 55.4 Å². The highest BCUT2D eigenvalue weighted by Gasteiger charge is 2.18. The molecule has 0 saturated heterocycles. The van der Waals surface area contributed by atoms with Crippen molar-refractivity contribution in [3.8, 4) is 0 Å². The highest BCUT2D eigenvalue weighted by Crippen LogP contribution is 2.19. The second kappa shape index (κ2) is 8.45. The van der Waals surface area contributed by atoms with E-state index in [0.29, 0.717) is 13.0 Å². The minimum Gasteiger partial charge on any atom is -0.452 e. The molecule has 0 fully saturated rings. The summed E-state index contributed by atoms with van der Waals surface area (Å²) < 4.78 is 18.4. The number of hydrogen-bond acceptors (Lipinski definition) is 3. The van der Waals surface area contributed by atoms with E-state index in [2.05, 4.69) is 5.32 Å². The first kappa shape index (κ1) is 17.9. The number of carbonyl (C=O) groups is 2. The number of carbonyl (C=O) groups excluding carboxylic acids is 2. The van der Waals surface area contributed by atoms with E-state index >= 15 is 0 Å². The van der Waals surface area contributed by atoms with Gasteiger partial charge in [0.15, 0.2) is 6.61 Å². The van der Waals surface area contributed by atoms with Crippen LogP contribution in [-0.2, 0) is 16.0 Å². The Kier molecular flexibility index (Phi) is 6.32. The standard InChI is InChI=1S/C18H17ClFNO3/c1-12-5-2-3-6-13(12)9-10-21-16(22)11-24-18(23)17-14(19)7-4-8-15(17)20/h2-8H,9-11H2,1H3,(H,21,22). The molecule has 0 bridgehead atoms. The summed E-state index contributed by atoms with van der Waals surface area (Å²) in [6.45, 7) is 1.93. The molecule has 24 heavy (non-hydrogen) atoms. The molecule has 0 aromatic heterocycles. The van der Waals surface area contributed by atoms with Gasteiger partial charge in [-0.05, 0) is 36.6 Å². The maximum absolute atomic E-state index is 13.6. The van der Waals surface area contributed by atoms with Gasteiger partial charge < -0.3 is 10.1 Å². The van der Waals surface area contributed by atoms with Crippen LogP contribution in [0.3, 0.4) is 0 Å². The van der Waals surface area contributed by atoms with E-state index in [1.54, 1.807) is 0 Å². The minimum atomic E-state index is -0.966. The van der Waals surface area contributed by atoms with Gasteiger partial charge in [0.1, 0.15) is 11.4 Å². The van der Waals surface area contributed by atoms with E-state index in [0.717, 1.165) is 17.2 Å². The van der Waals surface area contributed by atoms with E-state index in [9.17, 15) is 14.0 Å². The summed E-state index contributed by atoms with van der Waals surface area (Å²) in [6.07, 6.45) is 0.672. The molecule has 0 unspecified atom stereocenters. The Hall–Kier alpha value is -2.40. The lowest BCUT2D eigenvalue weighted by atomic mass is 10.1. The fourth-order valence-corrected chi connectivity index (χ4v) is 2.41. The summed E-state index contributed by atoms with van der Waals surface area (Å²) in [6, 6.07) is 11.7. The summed E-state index contributed by atoms with van der Waals surface area (Å²) in [7, 11) is 0. The molecular weight excluding hydrogens is 333 g/mol. The number of aryl methyl sites for hydroxylation is 1. The third-order valence-electron chi connectivity index (χ3n) is 3.48. The molecule has 2 rings (SSSR count). The summed E-state index contributed by atoms with van der Waals surface area (Å²) in [5.41, 5.74) is 1.91. The quantitative estimate of drug-likeness (QED) is 0.814. The molecule has 4 nitrogen and oxygen atoms in total. The van der Waals surface area contributed by atoms with E-state index < -0.39 is 24.3 Å². The van der Waals surface area contributed by atoms with E-state index in [1.807, 2.05) is 31.2 Å². The number of benzene rings is 2. The van der Waals surface area contributed by atoms with Gasteiger partial charge in [-0.3, -0.25) is 4.79 Å². The molecule has 0 spiro atoms. The van der Waals surface area contributed by atoms with Gasteiger partial charge in [-0.2, -0.15) is 0 Å². The molecule has 0 aliphatic heterocycles. The van der Waals surface area contributed by atoms with Crippen molar-refractivity contribution in [1.82, 2.24) is 5.32 Å². The number of rotatable bonds is 6. The Bertz CT molecular complexity index is 729. The first-order valence-electron chi connectivity index (χ1n) is 7.41. The van der Waals surface area contributed by atoms with E-state index in [4.69, 9.17) is 16.3 Å². The molecule has 2 aromatic carbocycles. The van der Waals surface area contributed by atoms with Crippen molar-refractivity contribution in [2.45, 2.75) is 13.3 Å². The molecule has 0 aliphatic carbocycles. The third kappa shape index (κ3) is 4.80. The van der Waals surface area contributed by atoms with Crippen molar-refractivity contribution < 1.29 is 18.7 Å². The summed E-state index contributed by atoms with van der Waals surface area (Å²) in [5, 5.41) is 2.60. The van der Waals surface area contributed by atoms with Crippen LogP contribution in [-0.4, -0.2) is 25.0 Å². The Morgan fingerprint density at radius 3 is 2.62 bits per heavy atom. The van der Waals surface area contributed by atoms with Crippen LogP contribution in [0.15, 0.2) is 42.5 Å². The van der Waals surface area contributed by atoms with Crippen LogP contribution in [0.25, 0.3) is 0 Å². The molecule has 6 heteroatoms. The number of esters is 1. The van der Waals surface area contributed by atoms with Gasteiger partial charge in [-0.1, -0.05) is 41.9 Å². The third-order valence-corrected chi connectivity index (χ3v) is 3.79. The van der Waals surface area contributed by atoms with Crippen molar-refractivity contribution in [2.75, 3.05) is 13.2 Å². The lowest BCUT2D eigenvalue weighted by Gasteiger charge is -2.09. The smallest absolute Gasteiger partial charge is 0.343 e. The molecule has 0 aliphatic rings. The largest absolute Gasteiger partial charge is 0.452 e. The average Bonchev–Trinajstić information content (AvgIpc) is 2.54. The fraction of sp³-hybridized carbons (Fsp3) is 0.222. The number of halogens is 2. The van der Waals surface area contributed by atoms with Gasteiger partial charge in [0.05, 0.1) is 5.02 Å². The fourth-order valence-electron chi connectivity index (χ4n) is 2.17. The second-order valence-electron chi connectivity index (χ2n) is 5.20. The first-order valence-corrected chi connectivity index (χ1v) is 7.79. The molecular formula is C18H17ClFNO3. The predicted molar refractivity (Wildman–Crippen MR) is 89.6 cm³/mol. The van der Waals surface area contributed by atoms with Crippen LogP contribution in [0, 0.1) is 12.7 Å². The lowest BCUT2D eigenvalue weighted by Crippen LogP contribution is -2.30. The second-order valence-corrected chi connectivity index (χ2v) is 5.61. The maximum atomic E-state index is 13.6. The van der Waals surface area contributed by atoms with Gasteiger partial charge in [-0.15, -0.1) is 0 Å². The molecule has 2 aromatic rings.